The van der Waals surface area contributed by atoms with Crippen LogP contribution in [0.4, 0.5) is 0 Å². The van der Waals surface area contributed by atoms with Crippen LogP contribution in [0.2, 0.25) is 0 Å². The molecule has 0 unspecified atom stereocenters. The number of aromatic nitrogens is 3. The van der Waals surface area contributed by atoms with Crippen LogP contribution in [0.25, 0.3) is 0 Å². The molecule has 0 radical (unpaired) electrons. The molecule has 23 heavy (non-hydrogen) atoms. The molecule has 1 amide bonds. The molecule has 1 atom stereocenters. The number of carbonyl (C=O) groups is 1. The Bertz CT molecular complexity index is 789. The van der Waals surface area contributed by atoms with Crippen molar-refractivity contribution in [1.29, 1.82) is 0 Å². The Balaban J connectivity index is 1.68. The van der Waals surface area contributed by atoms with Crippen molar-refractivity contribution in [3.8, 4) is 0 Å². The monoisotopic (exact) mass is 330 g/mol. The van der Waals surface area contributed by atoms with Gasteiger partial charge in [0.1, 0.15) is 0 Å². The summed E-state index contributed by atoms with van der Waals surface area (Å²) in [6, 6.07) is 5.44. The van der Waals surface area contributed by atoms with Crippen molar-refractivity contribution in [1.82, 2.24) is 19.9 Å². The van der Waals surface area contributed by atoms with E-state index < -0.39 is 0 Å². The van der Waals surface area contributed by atoms with Crippen LogP contribution in [0.1, 0.15) is 29.4 Å². The first kappa shape index (κ1) is 15.7. The molecule has 0 aliphatic carbocycles. The molecule has 6 nitrogen and oxygen atoms in total. The average Bonchev–Trinajstić information content (AvgIpc) is 2.94. The Kier molecular flexibility index (Phi) is 4.47. The number of aryl methyl sites for hydroxylation is 1. The first-order valence-electron chi connectivity index (χ1n) is 7.45. The highest BCUT2D eigenvalue weighted by Gasteiger charge is 2.28. The average molecular weight is 330 g/mol. The fourth-order valence-corrected chi connectivity index (χ4v) is 3.68. The third-order valence-electron chi connectivity index (χ3n) is 3.94. The van der Waals surface area contributed by atoms with Crippen molar-refractivity contribution >= 4 is 17.7 Å². The van der Waals surface area contributed by atoms with Crippen LogP contribution < -0.4 is 10.9 Å². The molecule has 120 valence electrons. The second kappa shape index (κ2) is 6.54. The predicted molar refractivity (Wildman–Crippen MR) is 88.4 cm³/mol. The molecule has 0 spiro atoms. The number of hydrogen-bond acceptors (Lipinski definition) is 5. The summed E-state index contributed by atoms with van der Waals surface area (Å²) in [5.74, 6) is 0.613. The van der Waals surface area contributed by atoms with E-state index in [0.717, 1.165) is 11.4 Å². The number of thioether (sulfide) groups is 1. The second-order valence-corrected chi connectivity index (χ2v) is 6.53. The van der Waals surface area contributed by atoms with Gasteiger partial charge >= 0.3 is 0 Å². The molecule has 0 fully saturated rings. The standard InChI is InChI=1S/C16H18N4O2S/c1-10-11(2)19-16-20(15(10)22)13(9-23-16)7-14(21)18-8-12-5-3-4-6-17-12/h3-6,13H,7-9H2,1-2H3,(H,18,21)/t13-/m0/s1. The summed E-state index contributed by atoms with van der Waals surface area (Å²) in [7, 11) is 0. The lowest BCUT2D eigenvalue weighted by atomic mass is 10.2. The molecule has 0 bridgehead atoms. The van der Waals surface area contributed by atoms with Crippen LogP contribution in [0, 0.1) is 13.8 Å². The van der Waals surface area contributed by atoms with Crippen LogP contribution in [0.15, 0.2) is 34.3 Å². The summed E-state index contributed by atoms with van der Waals surface area (Å²) in [5, 5.41) is 3.56. The van der Waals surface area contributed by atoms with Gasteiger partial charge in [0, 0.05) is 29.6 Å². The molecule has 3 heterocycles. The summed E-state index contributed by atoms with van der Waals surface area (Å²) in [6.07, 6.45) is 1.97. The van der Waals surface area contributed by atoms with Crippen LogP contribution in [0.5, 0.6) is 0 Å². The number of amides is 1. The van der Waals surface area contributed by atoms with Crippen LogP contribution in [-0.2, 0) is 11.3 Å². The van der Waals surface area contributed by atoms with Gasteiger partial charge in [0.05, 0.1) is 18.3 Å². The summed E-state index contributed by atoms with van der Waals surface area (Å²) >= 11 is 1.53. The smallest absolute Gasteiger partial charge is 0.257 e. The molecular weight excluding hydrogens is 312 g/mol. The first-order valence-corrected chi connectivity index (χ1v) is 8.44. The van der Waals surface area contributed by atoms with Crippen molar-refractivity contribution < 1.29 is 4.79 Å². The van der Waals surface area contributed by atoms with Gasteiger partial charge in [0.15, 0.2) is 5.16 Å². The molecule has 1 N–H and O–H groups in total. The minimum absolute atomic E-state index is 0.0416. The highest BCUT2D eigenvalue weighted by molar-refractivity contribution is 7.99. The molecule has 1 aliphatic rings. The number of pyridine rings is 1. The maximum absolute atomic E-state index is 12.4. The van der Waals surface area contributed by atoms with Crippen LogP contribution in [-0.4, -0.2) is 26.2 Å². The van der Waals surface area contributed by atoms with E-state index in [2.05, 4.69) is 15.3 Å². The predicted octanol–water partition coefficient (Wildman–Crippen LogP) is 1.61. The SMILES string of the molecule is Cc1nc2n(c(=O)c1C)[C@@H](CC(=O)NCc1ccccn1)CS2. The van der Waals surface area contributed by atoms with Gasteiger partial charge in [-0.25, -0.2) is 4.98 Å². The highest BCUT2D eigenvalue weighted by Crippen LogP contribution is 2.32. The minimum atomic E-state index is -0.141. The van der Waals surface area contributed by atoms with Gasteiger partial charge < -0.3 is 5.32 Å². The normalized spacial score (nSPS) is 16.2. The molecule has 1 aliphatic heterocycles. The molecule has 3 rings (SSSR count). The lowest BCUT2D eigenvalue weighted by Gasteiger charge is -2.14. The van der Waals surface area contributed by atoms with E-state index in [1.165, 1.54) is 11.8 Å². The van der Waals surface area contributed by atoms with Gasteiger partial charge in [-0.1, -0.05) is 17.8 Å². The van der Waals surface area contributed by atoms with Gasteiger partial charge in [-0.15, -0.1) is 0 Å². The molecule has 7 heteroatoms. The Morgan fingerprint density at radius 2 is 2.26 bits per heavy atom. The Morgan fingerprint density at radius 3 is 3.00 bits per heavy atom. The third-order valence-corrected chi connectivity index (χ3v) is 5.03. The van der Waals surface area contributed by atoms with E-state index in [1.807, 2.05) is 25.1 Å². The molecule has 2 aromatic rings. The van der Waals surface area contributed by atoms with E-state index in [9.17, 15) is 9.59 Å². The van der Waals surface area contributed by atoms with Crippen molar-refractivity contribution in [3.63, 3.8) is 0 Å². The lowest BCUT2D eigenvalue weighted by Crippen LogP contribution is -2.31. The van der Waals surface area contributed by atoms with Crippen molar-refractivity contribution in [2.24, 2.45) is 0 Å². The molecule has 0 saturated heterocycles. The third kappa shape index (κ3) is 3.29. The molecular formula is C16H18N4O2S. The second-order valence-electron chi connectivity index (χ2n) is 5.55. The molecule has 0 aromatic carbocycles. The topological polar surface area (TPSA) is 76.9 Å². The van der Waals surface area contributed by atoms with Crippen molar-refractivity contribution in [2.45, 2.75) is 38.0 Å². The van der Waals surface area contributed by atoms with Crippen LogP contribution >= 0.6 is 11.8 Å². The Morgan fingerprint density at radius 1 is 1.43 bits per heavy atom. The zero-order valence-corrected chi connectivity index (χ0v) is 13.9. The fourth-order valence-electron chi connectivity index (χ4n) is 2.50. The number of rotatable bonds is 4. The van der Waals surface area contributed by atoms with Crippen molar-refractivity contribution in [2.75, 3.05) is 5.75 Å². The first-order chi connectivity index (χ1) is 11.1. The van der Waals surface area contributed by atoms with Gasteiger partial charge in [0.25, 0.3) is 5.56 Å². The van der Waals surface area contributed by atoms with E-state index in [1.54, 1.807) is 17.7 Å². The minimum Gasteiger partial charge on any atom is -0.350 e. The summed E-state index contributed by atoms with van der Waals surface area (Å²) in [4.78, 5) is 33.2. The Labute approximate surface area is 138 Å². The van der Waals surface area contributed by atoms with Crippen molar-refractivity contribution in [3.05, 3.63) is 51.7 Å². The highest BCUT2D eigenvalue weighted by atomic mass is 32.2. The zero-order valence-electron chi connectivity index (χ0n) is 13.1. The van der Waals surface area contributed by atoms with E-state index in [0.29, 0.717) is 23.0 Å². The van der Waals surface area contributed by atoms with Crippen LogP contribution in [0.3, 0.4) is 0 Å². The molecule has 2 aromatic heterocycles. The zero-order chi connectivity index (χ0) is 16.4. The number of fused-ring (bicyclic) bond motifs is 1. The Hall–Kier alpha value is -2.15. The number of nitrogens with zero attached hydrogens (tertiary/aromatic N) is 3. The number of carbonyl (C=O) groups excluding carboxylic acids is 1. The summed E-state index contributed by atoms with van der Waals surface area (Å²) in [5.41, 5.74) is 2.18. The largest absolute Gasteiger partial charge is 0.350 e. The van der Waals surface area contributed by atoms with E-state index in [4.69, 9.17) is 0 Å². The number of nitrogens with one attached hydrogen (secondary N) is 1. The maximum Gasteiger partial charge on any atom is 0.257 e. The van der Waals surface area contributed by atoms with E-state index in [-0.39, 0.29) is 23.9 Å². The number of hydrogen-bond donors (Lipinski definition) is 1. The van der Waals surface area contributed by atoms with Gasteiger partial charge in [-0.05, 0) is 26.0 Å². The molecule has 0 saturated carbocycles. The van der Waals surface area contributed by atoms with Gasteiger partial charge in [-0.2, -0.15) is 0 Å². The fraction of sp³-hybridized carbons (Fsp3) is 0.375. The maximum atomic E-state index is 12.4. The summed E-state index contributed by atoms with van der Waals surface area (Å²) < 4.78 is 1.66. The van der Waals surface area contributed by atoms with E-state index >= 15 is 0 Å². The van der Waals surface area contributed by atoms with Gasteiger partial charge in [0.2, 0.25) is 5.91 Å². The quantitative estimate of drug-likeness (QED) is 0.862. The lowest BCUT2D eigenvalue weighted by molar-refractivity contribution is -0.121. The van der Waals surface area contributed by atoms with Gasteiger partial charge in [-0.3, -0.25) is 19.1 Å². The summed E-state index contributed by atoms with van der Waals surface area (Å²) in [6.45, 7) is 4.01.